The average molecular weight is 564 g/mol. The fourth-order valence-electron chi connectivity index (χ4n) is 5.77. The summed E-state index contributed by atoms with van der Waals surface area (Å²) in [5.41, 5.74) is 3.09. The number of ketones is 1. The van der Waals surface area contributed by atoms with Crippen molar-refractivity contribution in [2.75, 3.05) is 6.54 Å². The molecule has 3 rings (SSSR count). The molecule has 1 unspecified atom stereocenters. The Morgan fingerprint density at radius 2 is 1.62 bits per heavy atom. The highest BCUT2D eigenvalue weighted by Crippen LogP contribution is 2.35. The van der Waals surface area contributed by atoms with E-state index in [9.17, 15) is 33.9 Å². The summed E-state index contributed by atoms with van der Waals surface area (Å²) in [6.07, 6.45) is 4.46. The lowest BCUT2D eigenvalue weighted by atomic mass is 9.85. The summed E-state index contributed by atoms with van der Waals surface area (Å²) in [7, 11) is 0. The quantitative estimate of drug-likeness (QED) is 0.234. The van der Waals surface area contributed by atoms with Crippen LogP contribution < -0.4 is 21.7 Å². The number of urea groups is 1. The van der Waals surface area contributed by atoms with Crippen molar-refractivity contribution in [3.63, 3.8) is 0 Å². The Kier molecular flexibility index (Phi) is 9.51. The number of nitrogens with one attached hydrogen (secondary N) is 3. The van der Waals surface area contributed by atoms with Crippen molar-refractivity contribution in [2.45, 2.75) is 110 Å². The van der Waals surface area contributed by atoms with E-state index in [1.807, 2.05) is 13.8 Å². The van der Waals surface area contributed by atoms with Crippen molar-refractivity contribution >= 4 is 35.5 Å². The Morgan fingerprint density at radius 1 is 1.02 bits per heavy atom. The number of carbonyl (C=O) groups excluding carboxylic acids is 5. The fourth-order valence-corrected chi connectivity index (χ4v) is 5.77. The molecule has 0 aromatic carbocycles. The van der Waals surface area contributed by atoms with E-state index in [0.29, 0.717) is 38.5 Å². The number of Topliss-reactive ketones (excluding diaryl/α,β-unsaturated/α-hetero) is 1. The zero-order chi connectivity index (χ0) is 30.0. The lowest BCUT2D eigenvalue weighted by Gasteiger charge is -2.36. The van der Waals surface area contributed by atoms with Gasteiger partial charge in [0.2, 0.25) is 17.6 Å². The highest BCUT2D eigenvalue weighted by molar-refractivity contribution is 6.37. The molecule has 1 aliphatic heterocycles. The van der Waals surface area contributed by atoms with Gasteiger partial charge in [-0.2, -0.15) is 0 Å². The summed E-state index contributed by atoms with van der Waals surface area (Å²) in [6.45, 7) is 9.61. The molecule has 0 aromatic heterocycles. The van der Waals surface area contributed by atoms with E-state index in [1.165, 1.54) is 4.90 Å². The lowest BCUT2D eigenvalue weighted by molar-refractivity contribution is -0.144. The number of carboxylic acid groups (broad SMARTS) is 1. The van der Waals surface area contributed by atoms with Gasteiger partial charge in [0.25, 0.3) is 5.91 Å². The minimum Gasteiger partial charge on any atom is -0.480 e. The first-order chi connectivity index (χ1) is 18.6. The van der Waals surface area contributed by atoms with Gasteiger partial charge in [-0.3, -0.25) is 19.2 Å². The van der Waals surface area contributed by atoms with Gasteiger partial charge in [-0.1, -0.05) is 60.3 Å². The molecule has 12 nitrogen and oxygen atoms in total. The van der Waals surface area contributed by atoms with Crippen LogP contribution >= 0.6 is 0 Å². The van der Waals surface area contributed by atoms with Crippen molar-refractivity contribution < 1.29 is 33.9 Å². The van der Waals surface area contributed by atoms with Gasteiger partial charge in [0.05, 0.1) is 6.04 Å². The molecule has 3 fully saturated rings. The van der Waals surface area contributed by atoms with Gasteiger partial charge in [0, 0.05) is 6.54 Å². The van der Waals surface area contributed by atoms with E-state index in [-0.39, 0.29) is 24.3 Å². The first kappa shape index (κ1) is 31.3. The number of aliphatic carboxylic acids is 1. The summed E-state index contributed by atoms with van der Waals surface area (Å²) in [4.78, 5) is 78.1. The number of nitrogens with zero attached hydrogens (tertiary/aromatic N) is 1. The standard InChI is InChI=1S/C28H45N5O7/c1-15(2)17-13-19(23(36)30-18(12-16-8-9-16)20(34)22(29)35)33(14-17)24(37)21(27(3,4)5)31-26(40)32-28(25(38)39)10-6-7-11-28/h15-19,21H,6-14H2,1-5H3,(H2,29,35)(H,30,36)(H,38,39)(H2,31,32,40)/t17-,18?,19+,21-/m1/s1. The molecule has 0 spiro atoms. The molecule has 0 aromatic rings. The summed E-state index contributed by atoms with van der Waals surface area (Å²) in [5, 5.41) is 17.7. The summed E-state index contributed by atoms with van der Waals surface area (Å²) < 4.78 is 0. The van der Waals surface area contributed by atoms with Crippen molar-refractivity contribution in [3.05, 3.63) is 0 Å². The molecule has 40 heavy (non-hydrogen) atoms. The molecule has 224 valence electrons. The van der Waals surface area contributed by atoms with Crippen LogP contribution in [0.2, 0.25) is 0 Å². The summed E-state index contributed by atoms with van der Waals surface area (Å²) in [6, 6.07) is -3.77. The SMILES string of the molecule is CC(C)[C@@H]1C[C@@H](C(=O)NC(CC2CC2)C(=O)C(N)=O)N(C(=O)[C@@H](NC(=O)NC2(C(=O)O)CCCC2)C(C)(C)C)C1. The Hall–Kier alpha value is -3.18. The predicted molar refractivity (Wildman–Crippen MR) is 146 cm³/mol. The number of amides is 5. The number of primary amides is 1. The molecule has 0 radical (unpaired) electrons. The number of likely N-dealkylation sites (tertiary alicyclic amines) is 1. The van der Waals surface area contributed by atoms with Crippen molar-refractivity contribution in [1.82, 2.24) is 20.9 Å². The van der Waals surface area contributed by atoms with E-state index in [0.717, 1.165) is 12.8 Å². The van der Waals surface area contributed by atoms with E-state index in [4.69, 9.17) is 5.73 Å². The van der Waals surface area contributed by atoms with Crippen molar-refractivity contribution in [1.29, 1.82) is 0 Å². The molecule has 5 amide bonds. The van der Waals surface area contributed by atoms with Gasteiger partial charge >= 0.3 is 12.0 Å². The second kappa shape index (κ2) is 12.1. The minimum absolute atomic E-state index is 0.00311. The predicted octanol–water partition coefficient (Wildman–Crippen LogP) is 1.31. The van der Waals surface area contributed by atoms with Gasteiger partial charge in [0.1, 0.15) is 17.6 Å². The first-order valence-corrected chi connectivity index (χ1v) is 14.3. The van der Waals surface area contributed by atoms with Crippen LogP contribution in [0.15, 0.2) is 0 Å². The van der Waals surface area contributed by atoms with E-state index in [2.05, 4.69) is 16.0 Å². The lowest BCUT2D eigenvalue weighted by Crippen LogP contribution is -2.62. The van der Waals surface area contributed by atoms with Gasteiger partial charge in [-0.15, -0.1) is 0 Å². The van der Waals surface area contributed by atoms with Crippen molar-refractivity contribution in [3.8, 4) is 0 Å². The molecule has 3 aliphatic rings. The number of carboxylic acids is 1. The highest BCUT2D eigenvalue weighted by atomic mass is 16.4. The van der Waals surface area contributed by atoms with Gasteiger partial charge in [-0.05, 0) is 48.9 Å². The van der Waals surface area contributed by atoms with Crippen LogP contribution in [0.5, 0.6) is 0 Å². The minimum atomic E-state index is -1.38. The summed E-state index contributed by atoms with van der Waals surface area (Å²) in [5.74, 6) is -3.70. The zero-order valence-electron chi connectivity index (χ0n) is 24.2. The number of carbonyl (C=O) groups is 6. The Bertz CT molecular complexity index is 1030. The highest BCUT2D eigenvalue weighted by Gasteiger charge is 2.48. The van der Waals surface area contributed by atoms with Crippen LogP contribution in [0.3, 0.4) is 0 Å². The first-order valence-electron chi connectivity index (χ1n) is 14.3. The second-order valence-corrected chi connectivity index (χ2v) is 13.2. The van der Waals surface area contributed by atoms with E-state index < -0.39 is 64.6 Å². The largest absolute Gasteiger partial charge is 0.480 e. The third kappa shape index (κ3) is 7.31. The molecule has 2 aliphatic carbocycles. The Labute approximate surface area is 235 Å². The van der Waals surface area contributed by atoms with Crippen LogP contribution in [-0.4, -0.2) is 75.7 Å². The smallest absolute Gasteiger partial charge is 0.329 e. The number of hydrogen-bond acceptors (Lipinski definition) is 6. The van der Waals surface area contributed by atoms with Gasteiger partial charge in [-0.25, -0.2) is 9.59 Å². The fraction of sp³-hybridized carbons (Fsp3) is 0.786. The summed E-state index contributed by atoms with van der Waals surface area (Å²) >= 11 is 0. The van der Waals surface area contributed by atoms with Gasteiger partial charge < -0.3 is 31.7 Å². The molecular formula is C28H45N5O7. The average Bonchev–Trinajstić information content (AvgIpc) is 3.35. The maximum absolute atomic E-state index is 14.0. The molecule has 1 saturated heterocycles. The third-order valence-electron chi connectivity index (χ3n) is 8.61. The molecule has 12 heteroatoms. The number of nitrogens with two attached hydrogens (primary N) is 1. The molecular weight excluding hydrogens is 518 g/mol. The Morgan fingerprint density at radius 3 is 2.10 bits per heavy atom. The molecule has 6 N–H and O–H groups in total. The zero-order valence-corrected chi connectivity index (χ0v) is 24.2. The van der Waals surface area contributed by atoms with Crippen molar-refractivity contribution in [2.24, 2.45) is 28.9 Å². The Balaban J connectivity index is 1.81. The van der Waals surface area contributed by atoms with Crippen LogP contribution in [0.1, 0.15) is 86.0 Å². The molecule has 1 heterocycles. The monoisotopic (exact) mass is 563 g/mol. The van der Waals surface area contributed by atoms with Crippen LogP contribution in [0.25, 0.3) is 0 Å². The van der Waals surface area contributed by atoms with Gasteiger partial charge in [0.15, 0.2) is 0 Å². The number of hydrogen-bond donors (Lipinski definition) is 5. The second-order valence-electron chi connectivity index (χ2n) is 13.2. The molecule has 4 atom stereocenters. The van der Waals surface area contributed by atoms with Crippen LogP contribution in [0, 0.1) is 23.2 Å². The maximum atomic E-state index is 14.0. The normalized spacial score (nSPS) is 23.8. The molecule has 0 bridgehead atoms. The molecule has 2 saturated carbocycles. The van der Waals surface area contributed by atoms with E-state index in [1.54, 1.807) is 20.8 Å². The van der Waals surface area contributed by atoms with E-state index >= 15 is 0 Å². The maximum Gasteiger partial charge on any atom is 0.329 e. The van der Waals surface area contributed by atoms with Crippen LogP contribution in [-0.2, 0) is 24.0 Å². The van der Waals surface area contributed by atoms with Crippen LogP contribution in [0.4, 0.5) is 4.79 Å². The number of rotatable bonds is 11. The third-order valence-corrected chi connectivity index (χ3v) is 8.61. The topological polar surface area (TPSA) is 188 Å².